The molecule has 0 fully saturated rings. The zero-order chi connectivity index (χ0) is 11.1. The molecule has 2 aromatic carbocycles. The second kappa shape index (κ2) is 6.14. The van der Waals surface area contributed by atoms with Crippen LogP contribution in [0, 0.1) is 6.92 Å². The predicted octanol–water partition coefficient (Wildman–Crippen LogP) is 3.68. The van der Waals surface area contributed by atoms with E-state index in [0.717, 1.165) is 10.5 Å². The maximum atomic E-state index is 8.81. The molecule has 2 aromatic rings. The number of hydrogen-bond acceptors (Lipinski definition) is 2. The monoisotopic (exact) mass is 218 g/mol. The molecule has 0 spiro atoms. The zero-order valence-electron chi connectivity index (χ0n) is 8.59. The van der Waals surface area contributed by atoms with Gasteiger partial charge in [0.05, 0.1) is 0 Å². The number of rotatable bonds is 0. The van der Waals surface area contributed by atoms with E-state index in [4.69, 9.17) is 5.11 Å². The summed E-state index contributed by atoms with van der Waals surface area (Å²) in [6, 6.07) is 16.9. The van der Waals surface area contributed by atoms with Crippen LogP contribution in [-0.2, 0) is 0 Å². The van der Waals surface area contributed by atoms with Crippen molar-refractivity contribution in [2.45, 2.75) is 11.8 Å². The lowest BCUT2D eigenvalue weighted by Crippen LogP contribution is -1.66. The Kier molecular flexibility index (Phi) is 4.78. The third-order valence-corrected chi connectivity index (χ3v) is 2.06. The van der Waals surface area contributed by atoms with Gasteiger partial charge in [-0.2, -0.15) is 0 Å². The summed E-state index contributed by atoms with van der Waals surface area (Å²) in [6.07, 6.45) is 0. The Morgan fingerprint density at radius 1 is 0.933 bits per heavy atom. The largest absolute Gasteiger partial charge is 0.508 e. The topological polar surface area (TPSA) is 20.2 Å². The summed E-state index contributed by atoms with van der Waals surface area (Å²) < 4.78 is 0. The van der Waals surface area contributed by atoms with Crippen LogP contribution in [0.15, 0.2) is 59.5 Å². The third kappa shape index (κ3) is 5.13. The van der Waals surface area contributed by atoms with E-state index in [1.807, 2.05) is 49.4 Å². The fraction of sp³-hybridized carbons (Fsp3) is 0.0769. The molecule has 0 heterocycles. The van der Waals surface area contributed by atoms with Gasteiger partial charge in [0, 0.05) is 4.90 Å². The van der Waals surface area contributed by atoms with Crippen LogP contribution in [0.3, 0.4) is 0 Å². The number of thiol groups is 1. The minimum atomic E-state index is 0.338. The molecule has 0 radical (unpaired) electrons. The number of phenolic OH excluding ortho intramolecular Hbond substituents is 1. The van der Waals surface area contributed by atoms with Gasteiger partial charge in [0.2, 0.25) is 0 Å². The van der Waals surface area contributed by atoms with Gasteiger partial charge in [0.15, 0.2) is 0 Å². The van der Waals surface area contributed by atoms with Crippen LogP contribution >= 0.6 is 12.6 Å². The van der Waals surface area contributed by atoms with Crippen molar-refractivity contribution in [1.82, 2.24) is 0 Å². The van der Waals surface area contributed by atoms with Crippen LogP contribution in [0.25, 0.3) is 0 Å². The molecule has 2 rings (SSSR count). The third-order valence-electron chi connectivity index (χ3n) is 1.76. The van der Waals surface area contributed by atoms with Crippen molar-refractivity contribution in [2.24, 2.45) is 0 Å². The van der Waals surface area contributed by atoms with E-state index in [1.54, 1.807) is 12.1 Å². The SMILES string of the molecule is Cc1cccc(O)c1.Sc1ccccc1. The first kappa shape index (κ1) is 11.7. The van der Waals surface area contributed by atoms with E-state index in [1.165, 1.54) is 0 Å². The van der Waals surface area contributed by atoms with Crippen LogP contribution in [0.1, 0.15) is 5.56 Å². The number of aromatic hydroxyl groups is 1. The molecule has 0 saturated heterocycles. The van der Waals surface area contributed by atoms with E-state index in [-0.39, 0.29) is 0 Å². The van der Waals surface area contributed by atoms with Crippen LogP contribution in [-0.4, -0.2) is 5.11 Å². The van der Waals surface area contributed by atoms with Gasteiger partial charge in [0.1, 0.15) is 5.75 Å². The maximum Gasteiger partial charge on any atom is 0.115 e. The van der Waals surface area contributed by atoms with Crippen molar-refractivity contribution < 1.29 is 5.11 Å². The van der Waals surface area contributed by atoms with Crippen molar-refractivity contribution in [2.75, 3.05) is 0 Å². The highest BCUT2D eigenvalue weighted by atomic mass is 32.1. The number of aryl methyl sites for hydroxylation is 1. The summed E-state index contributed by atoms with van der Waals surface area (Å²) in [5.74, 6) is 0.338. The summed E-state index contributed by atoms with van der Waals surface area (Å²) in [5, 5.41) is 8.81. The number of hydrogen-bond donors (Lipinski definition) is 2. The maximum absolute atomic E-state index is 8.81. The van der Waals surface area contributed by atoms with E-state index in [2.05, 4.69) is 12.6 Å². The Morgan fingerprint density at radius 3 is 1.93 bits per heavy atom. The van der Waals surface area contributed by atoms with Crippen LogP contribution in [0.2, 0.25) is 0 Å². The number of phenols is 1. The highest BCUT2D eigenvalue weighted by Gasteiger charge is 1.83. The summed E-state index contributed by atoms with van der Waals surface area (Å²) in [4.78, 5) is 1.02. The van der Waals surface area contributed by atoms with Gasteiger partial charge in [0.25, 0.3) is 0 Å². The van der Waals surface area contributed by atoms with Crippen LogP contribution in [0.5, 0.6) is 5.75 Å². The lowest BCUT2D eigenvalue weighted by Gasteiger charge is -1.89. The van der Waals surface area contributed by atoms with Gasteiger partial charge in [-0.15, -0.1) is 12.6 Å². The molecule has 1 nitrogen and oxygen atoms in total. The Labute approximate surface area is 95.8 Å². The average molecular weight is 218 g/mol. The Bertz CT molecular complexity index is 381. The molecule has 0 aliphatic carbocycles. The number of benzene rings is 2. The molecule has 0 saturated carbocycles. The highest BCUT2D eigenvalue weighted by Crippen LogP contribution is 2.08. The second-order valence-corrected chi connectivity index (χ2v) is 3.69. The van der Waals surface area contributed by atoms with E-state index >= 15 is 0 Å². The van der Waals surface area contributed by atoms with Crippen molar-refractivity contribution in [1.29, 1.82) is 0 Å². The molecule has 78 valence electrons. The molecular weight excluding hydrogens is 204 g/mol. The van der Waals surface area contributed by atoms with E-state index in [0.29, 0.717) is 5.75 Å². The van der Waals surface area contributed by atoms with Crippen LogP contribution in [0.4, 0.5) is 0 Å². The van der Waals surface area contributed by atoms with Gasteiger partial charge in [-0.1, -0.05) is 30.3 Å². The molecule has 1 N–H and O–H groups in total. The first-order valence-corrected chi connectivity index (χ1v) is 5.13. The molecule has 15 heavy (non-hydrogen) atoms. The van der Waals surface area contributed by atoms with E-state index < -0.39 is 0 Å². The lowest BCUT2D eigenvalue weighted by molar-refractivity contribution is 0.475. The summed E-state index contributed by atoms with van der Waals surface area (Å²) in [6.45, 7) is 1.94. The molecule has 0 atom stereocenters. The molecule has 0 aromatic heterocycles. The minimum absolute atomic E-state index is 0.338. The first-order valence-electron chi connectivity index (χ1n) is 4.68. The van der Waals surface area contributed by atoms with Gasteiger partial charge >= 0.3 is 0 Å². The molecule has 0 bridgehead atoms. The molecule has 0 aliphatic rings. The fourth-order valence-electron chi connectivity index (χ4n) is 1.06. The summed E-state index contributed by atoms with van der Waals surface area (Å²) in [7, 11) is 0. The molecule has 0 unspecified atom stereocenters. The predicted molar refractivity (Wildman–Crippen MR) is 66.5 cm³/mol. The lowest BCUT2D eigenvalue weighted by atomic mass is 10.2. The normalized spacial score (nSPS) is 8.93. The standard InChI is InChI=1S/C7H8O.C6H6S/c1-6-3-2-4-7(8)5-6;7-6-4-2-1-3-5-6/h2-5,8H,1H3;1-5,7H. The van der Waals surface area contributed by atoms with E-state index in [9.17, 15) is 0 Å². The van der Waals surface area contributed by atoms with Crippen molar-refractivity contribution in [3.05, 3.63) is 60.2 Å². The minimum Gasteiger partial charge on any atom is -0.508 e. The molecule has 0 amide bonds. The molecular formula is C13H14OS. The quantitative estimate of drug-likeness (QED) is 0.646. The average Bonchev–Trinajstić information content (AvgIpc) is 2.19. The van der Waals surface area contributed by atoms with Crippen molar-refractivity contribution >= 4 is 12.6 Å². The van der Waals surface area contributed by atoms with Crippen molar-refractivity contribution in [3.63, 3.8) is 0 Å². The Balaban J connectivity index is 0.000000151. The smallest absolute Gasteiger partial charge is 0.115 e. The Morgan fingerprint density at radius 2 is 1.60 bits per heavy atom. The Hall–Kier alpha value is -1.41. The highest BCUT2D eigenvalue weighted by molar-refractivity contribution is 7.80. The van der Waals surface area contributed by atoms with Gasteiger partial charge in [-0.3, -0.25) is 0 Å². The zero-order valence-corrected chi connectivity index (χ0v) is 9.49. The van der Waals surface area contributed by atoms with Crippen molar-refractivity contribution in [3.8, 4) is 5.75 Å². The molecule has 2 heteroatoms. The fourth-order valence-corrected chi connectivity index (χ4v) is 1.23. The van der Waals surface area contributed by atoms with Gasteiger partial charge in [-0.25, -0.2) is 0 Å². The molecule has 0 aliphatic heterocycles. The summed E-state index contributed by atoms with van der Waals surface area (Å²) in [5.41, 5.74) is 1.09. The van der Waals surface area contributed by atoms with Crippen LogP contribution < -0.4 is 0 Å². The summed E-state index contributed by atoms with van der Waals surface area (Å²) >= 11 is 4.08. The second-order valence-electron chi connectivity index (χ2n) is 3.17. The first-order chi connectivity index (χ1) is 7.18. The van der Waals surface area contributed by atoms with Gasteiger partial charge < -0.3 is 5.11 Å². The van der Waals surface area contributed by atoms with Gasteiger partial charge in [-0.05, 0) is 36.8 Å².